The Balaban J connectivity index is 1.90. The van der Waals surface area contributed by atoms with Gasteiger partial charge in [-0.1, -0.05) is 12.8 Å². The van der Waals surface area contributed by atoms with Gasteiger partial charge in [-0.3, -0.25) is 4.98 Å². The third-order valence-electron chi connectivity index (χ3n) is 3.31. The fourth-order valence-electron chi connectivity index (χ4n) is 2.22. The number of carbonyl (C=O) groups excluding carboxylic acids is 1. The molecule has 2 atom stereocenters. The van der Waals surface area contributed by atoms with Gasteiger partial charge in [0.25, 0.3) is 0 Å². The van der Waals surface area contributed by atoms with Gasteiger partial charge in [0, 0.05) is 18.1 Å². The molecule has 1 heterocycles. The maximum absolute atomic E-state index is 11.8. The number of aryl methyl sites for hydroxylation is 1. The molecule has 1 aliphatic rings. The molecule has 1 aromatic heterocycles. The highest BCUT2D eigenvalue weighted by Gasteiger charge is 2.24. The highest BCUT2D eigenvalue weighted by Crippen LogP contribution is 2.18. The molecule has 1 aromatic rings. The number of pyridine rings is 1. The van der Waals surface area contributed by atoms with Crippen molar-refractivity contribution in [1.82, 2.24) is 10.3 Å². The van der Waals surface area contributed by atoms with Crippen LogP contribution in [0, 0.1) is 6.92 Å². The molecular weight excluding hydrogens is 230 g/mol. The van der Waals surface area contributed by atoms with Crippen molar-refractivity contribution in [3.8, 4) is 0 Å². The first-order valence-corrected chi connectivity index (χ1v) is 6.33. The van der Waals surface area contributed by atoms with E-state index in [0.29, 0.717) is 0 Å². The molecule has 0 aliphatic heterocycles. The summed E-state index contributed by atoms with van der Waals surface area (Å²) in [6.45, 7) is 1.89. The van der Waals surface area contributed by atoms with Gasteiger partial charge in [-0.25, -0.2) is 4.79 Å². The molecule has 0 saturated heterocycles. The molecule has 2 rings (SSSR count). The molecule has 1 fully saturated rings. The van der Waals surface area contributed by atoms with Crippen molar-refractivity contribution in [3.63, 3.8) is 0 Å². The van der Waals surface area contributed by atoms with Crippen LogP contribution in [0.4, 0.5) is 10.5 Å². The number of nitrogens with one attached hydrogen (secondary N) is 2. The Morgan fingerprint density at radius 2 is 2.22 bits per heavy atom. The van der Waals surface area contributed by atoms with Gasteiger partial charge in [-0.15, -0.1) is 0 Å². The molecule has 1 saturated carbocycles. The lowest BCUT2D eigenvalue weighted by atomic mass is 9.93. The second kappa shape index (κ2) is 5.82. The summed E-state index contributed by atoms with van der Waals surface area (Å²) in [5.74, 6) is 0. The van der Waals surface area contributed by atoms with Crippen LogP contribution in [0.2, 0.25) is 0 Å². The van der Waals surface area contributed by atoms with E-state index in [0.717, 1.165) is 36.9 Å². The molecule has 18 heavy (non-hydrogen) atoms. The number of aromatic nitrogens is 1. The first-order chi connectivity index (χ1) is 8.66. The number of anilines is 1. The molecule has 0 bridgehead atoms. The van der Waals surface area contributed by atoms with E-state index >= 15 is 0 Å². The van der Waals surface area contributed by atoms with Gasteiger partial charge in [0.1, 0.15) is 0 Å². The summed E-state index contributed by atoms with van der Waals surface area (Å²) in [5.41, 5.74) is 1.66. The fraction of sp³-hybridized carbons (Fsp3) is 0.538. The van der Waals surface area contributed by atoms with Gasteiger partial charge < -0.3 is 15.7 Å². The Bertz CT molecular complexity index is 422. The van der Waals surface area contributed by atoms with E-state index in [4.69, 9.17) is 0 Å². The topological polar surface area (TPSA) is 74.2 Å². The number of amides is 2. The van der Waals surface area contributed by atoms with Crippen molar-refractivity contribution in [2.45, 2.75) is 44.8 Å². The first-order valence-electron chi connectivity index (χ1n) is 6.33. The third kappa shape index (κ3) is 3.20. The Hall–Kier alpha value is -1.62. The van der Waals surface area contributed by atoms with Gasteiger partial charge in [-0.2, -0.15) is 0 Å². The molecule has 3 N–H and O–H groups in total. The Morgan fingerprint density at radius 3 is 2.94 bits per heavy atom. The maximum Gasteiger partial charge on any atom is 0.319 e. The standard InChI is InChI=1S/C13H19N3O2/c1-9-8-14-7-6-10(9)15-13(18)16-11-4-2-3-5-12(11)17/h6-8,11-12,17H,2-5H2,1H3,(H2,14,15,16,18). The zero-order valence-corrected chi connectivity index (χ0v) is 10.5. The molecule has 2 amide bonds. The first kappa shape index (κ1) is 12.8. The smallest absolute Gasteiger partial charge is 0.319 e. The fourth-order valence-corrected chi connectivity index (χ4v) is 2.22. The number of aliphatic hydroxyl groups is 1. The van der Waals surface area contributed by atoms with Crippen molar-refractivity contribution in [2.75, 3.05) is 5.32 Å². The average Bonchev–Trinajstić information content (AvgIpc) is 2.35. The van der Waals surface area contributed by atoms with Gasteiger partial charge in [0.2, 0.25) is 0 Å². The predicted octanol–water partition coefficient (Wildman–Crippen LogP) is 1.82. The van der Waals surface area contributed by atoms with Crippen LogP contribution in [0.25, 0.3) is 0 Å². The Kier molecular flexibility index (Phi) is 4.15. The summed E-state index contributed by atoms with van der Waals surface area (Å²) in [7, 11) is 0. The van der Waals surface area contributed by atoms with Crippen molar-refractivity contribution >= 4 is 11.7 Å². The van der Waals surface area contributed by atoms with Crippen molar-refractivity contribution in [1.29, 1.82) is 0 Å². The molecule has 98 valence electrons. The van der Waals surface area contributed by atoms with E-state index < -0.39 is 6.10 Å². The van der Waals surface area contributed by atoms with Gasteiger partial charge in [0.05, 0.1) is 12.1 Å². The number of rotatable bonds is 2. The number of urea groups is 1. The van der Waals surface area contributed by atoms with Crippen LogP contribution in [0.1, 0.15) is 31.2 Å². The lowest BCUT2D eigenvalue weighted by molar-refractivity contribution is 0.0955. The molecule has 2 unspecified atom stereocenters. The van der Waals surface area contributed by atoms with Crippen molar-refractivity contribution < 1.29 is 9.90 Å². The summed E-state index contributed by atoms with van der Waals surface area (Å²) in [4.78, 5) is 15.8. The predicted molar refractivity (Wildman–Crippen MR) is 69.4 cm³/mol. The second-order valence-electron chi connectivity index (χ2n) is 4.75. The van der Waals surface area contributed by atoms with Gasteiger partial charge in [-0.05, 0) is 31.4 Å². The largest absolute Gasteiger partial charge is 0.391 e. The van der Waals surface area contributed by atoms with Crippen LogP contribution >= 0.6 is 0 Å². The minimum Gasteiger partial charge on any atom is -0.391 e. The molecule has 5 nitrogen and oxygen atoms in total. The van der Waals surface area contributed by atoms with E-state index in [2.05, 4.69) is 15.6 Å². The summed E-state index contributed by atoms with van der Waals surface area (Å²) in [5, 5.41) is 15.4. The molecule has 0 aromatic carbocycles. The highest BCUT2D eigenvalue weighted by molar-refractivity contribution is 5.90. The van der Waals surface area contributed by atoms with Crippen LogP contribution in [-0.2, 0) is 0 Å². The minimum absolute atomic E-state index is 0.138. The number of aliphatic hydroxyl groups excluding tert-OH is 1. The van der Waals surface area contributed by atoms with Crippen LogP contribution < -0.4 is 10.6 Å². The number of hydrogen-bond donors (Lipinski definition) is 3. The van der Waals surface area contributed by atoms with Crippen LogP contribution in [0.3, 0.4) is 0 Å². The normalized spacial score (nSPS) is 23.4. The lowest BCUT2D eigenvalue weighted by Crippen LogP contribution is -2.46. The number of carbonyl (C=O) groups is 1. The molecule has 1 aliphatic carbocycles. The summed E-state index contributed by atoms with van der Waals surface area (Å²) in [6, 6.07) is 1.35. The lowest BCUT2D eigenvalue weighted by Gasteiger charge is -2.28. The third-order valence-corrected chi connectivity index (χ3v) is 3.31. The van der Waals surface area contributed by atoms with Crippen LogP contribution in [-0.4, -0.2) is 28.3 Å². The van der Waals surface area contributed by atoms with Gasteiger partial charge >= 0.3 is 6.03 Å². The summed E-state index contributed by atoms with van der Waals surface area (Å²) < 4.78 is 0. The zero-order valence-electron chi connectivity index (χ0n) is 10.5. The number of nitrogens with zero attached hydrogens (tertiary/aromatic N) is 1. The molecule has 0 spiro atoms. The van der Waals surface area contributed by atoms with E-state index in [-0.39, 0.29) is 12.1 Å². The van der Waals surface area contributed by atoms with E-state index in [1.54, 1.807) is 18.5 Å². The van der Waals surface area contributed by atoms with Crippen molar-refractivity contribution in [2.24, 2.45) is 0 Å². The Morgan fingerprint density at radius 1 is 1.44 bits per heavy atom. The maximum atomic E-state index is 11.8. The monoisotopic (exact) mass is 249 g/mol. The Labute approximate surface area is 107 Å². The SMILES string of the molecule is Cc1cnccc1NC(=O)NC1CCCCC1O. The molecular formula is C13H19N3O2. The summed E-state index contributed by atoms with van der Waals surface area (Å²) in [6.07, 6.45) is 6.59. The minimum atomic E-state index is -0.428. The van der Waals surface area contributed by atoms with Gasteiger partial charge in [0.15, 0.2) is 0 Å². The average molecular weight is 249 g/mol. The highest BCUT2D eigenvalue weighted by atomic mass is 16.3. The number of hydrogen-bond acceptors (Lipinski definition) is 3. The quantitative estimate of drug-likeness (QED) is 0.748. The second-order valence-corrected chi connectivity index (χ2v) is 4.75. The van der Waals surface area contributed by atoms with E-state index in [1.807, 2.05) is 6.92 Å². The van der Waals surface area contributed by atoms with Crippen molar-refractivity contribution in [3.05, 3.63) is 24.0 Å². The van der Waals surface area contributed by atoms with Crippen LogP contribution in [0.15, 0.2) is 18.5 Å². The molecule has 0 radical (unpaired) electrons. The van der Waals surface area contributed by atoms with Crippen LogP contribution in [0.5, 0.6) is 0 Å². The summed E-state index contributed by atoms with van der Waals surface area (Å²) >= 11 is 0. The van der Waals surface area contributed by atoms with E-state index in [9.17, 15) is 9.90 Å². The molecule has 5 heteroatoms. The zero-order chi connectivity index (χ0) is 13.0. The van der Waals surface area contributed by atoms with E-state index in [1.165, 1.54) is 0 Å².